The van der Waals surface area contributed by atoms with Crippen LogP contribution in [-0.4, -0.2) is 36.4 Å². The Morgan fingerprint density at radius 1 is 0.857 bits per heavy atom. The molecule has 8 heteroatoms. The van der Waals surface area contributed by atoms with Crippen molar-refractivity contribution in [3.63, 3.8) is 0 Å². The predicted octanol–water partition coefficient (Wildman–Crippen LogP) is 4.55. The zero-order valence-electron chi connectivity index (χ0n) is 19.0. The van der Waals surface area contributed by atoms with Gasteiger partial charge in [0.2, 0.25) is 0 Å². The third-order valence-corrected chi connectivity index (χ3v) is 5.91. The number of fused-ring (bicyclic) bond motifs is 1. The third kappa shape index (κ3) is 5.97. The molecule has 3 aromatic rings. The molecule has 8 nitrogen and oxygen atoms in total. The average Bonchev–Trinajstić information content (AvgIpc) is 3.27. The average molecular weight is 475 g/mol. The van der Waals surface area contributed by atoms with Crippen molar-refractivity contribution in [2.75, 3.05) is 18.0 Å². The Hall–Kier alpha value is -4.33. The number of ether oxygens (including phenoxy) is 2. The number of rotatable bonds is 8. The summed E-state index contributed by atoms with van der Waals surface area (Å²) in [6.45, 7) is 0.178. The molecule has 0 radical (unpaired) electrons. The summed E-state index contributed by atoms with van der Waals surface area (Å²) < 4.78 is 10.7. The Labute approximate surface area is 203 Å². The second kappa shape index (κ2) is 11.2. The molecular formula is C27H26N2O6. The molecule has 1 heterocycles. The fourth-order valence-corrected chi connectivity index (χ4v) is 4.12. The van der Waals surface area contributed by atoms with Gasteiger partial charge in [0.25, 0.3) is 0 Å². The maximum absolute atomic E-state index is 12.9. The minimum atomic E-state index is -1.08. The van der Waals surface area contributed by atoms with Crippen LogP contribution in [0, 0.1) is 5.92 Å². The minimum Gasteiger partial charge on any atom is -0.481 e. The summed E-state index contributed by atoms with van der Waals surface area (Å²) >= 11 is 0. The van der Waals surface area contributed by atoms with Gasteiger partial charge in [0.05, 0.1) is 11.6 Å². The smallest absolute Gasteiger partial charge is 0.414 e. The molecule has 0 aromatic heterocycles. The first-order valence-corrected chi connectivity index (χ1v) is 11.3. The number of amides is 2. The van der Waals surface area contributed by atoms with E-state index in [1.807, 2.05) is 60.7 Å². The van der Waals surface area contributed by atoms with E-state index in [0.717, 1.165) is 16.7 Å². The summed E-state index contributed by atoms with van der Waals surface area (Å²) in [6.07, 6.45) is -1.26. The summed E-state index contributed by atoms with van der Waals surface area (Å²) in [4.78, 5) is 38.7. The second-order valence-electron chi connectivity index (χ2n) is 8.20. The number of nitrogens with one attached hydrogen (secondary N) is 1. The van der Waals surface area contributed by atoms with Crippen molar-refractivity contribution in [1.82, 2.24) is 5.32 Å². The molecule has 3 aromatic carbocycles. The number of alkyl carbamates (subject to hydrolysis) is 1. The van der Waals surface area contributed by atoms with E-state index in [0.29, 0.717) is 5.69 Å². The van der Waals surface area contributed by atoms with Crippen molar-refractivity contribution >= 4 is 23.8 Å². The molecular weight excluding hydrogens is 448 g/mol. The van der Waals surface area contributed by atoms with Gasteiger partial charge in [0, 0.05) is 19.0 Å². The van der Waals surface area contributed by atoms with Crippen LogP contribution in [0.5, 0.6) is 0 Å². The number of benzene rings is 3. The van der Waals surface area contributed by atoms with Crippen molar-refractivity contribution in [2.24, 2.45) is 5.92 Å². The van der Waals surface area contributed by atoms with Gasteiger partial charge < -0.3 is 19.9 Å². The van der Waals surface area contributed by atoms with Crippen molar-refractivity contribution in [3.05, 3.63) is 102 Å². The number of carbonyl (C=O) groups excluding carboxylic acids is 2. The fourth-order valence-electron chi connectivity index (χ4n) is 4.12. The lowest BCUT2D eigenvalue weighted by Crippen LogP contribution is -2.39. The molecule has 0 fully saturated rings. The van der Waals surface area contributed by atoms with E-state index in [1.54, 1.807) is 24.3 Å². The molecule has 0 aliphatic carbocycles. The number of nitrogens with zero attached hydrogens (tertiary/aromatic N) is 1. The van der Waals surface area contributed by atoms with Crippen LogP contribution < -0.4 is 10.2 Å². The molecule has 1 aliphatic heterocycles. The van der Waals surface area contributed by atoms with Gasteiger partial charge >= 0.3 is 18.2 Å². The molecule has 180 valence electrons. The van der Waals surface area contributed by atoms with Crippen LogP contribution in [0.4, 0.5) is 15.3 Å². The van der Waals surface area contributed by atoms with Gasteiger partial charge in [0.1, 0.15) is 13.2 Å². The van der Waals surface area contributed by atoms with Crippen LogP contribution >= 0.6 is 0 Å². The lowest BCUT2D eigenvalue weighted by molar-refractivity contribution is -0.142. The number of hydrogen-bond acceptors (Lipinski definition) is 5. The molecule has 1 aliphatic rings. The molecule has 35 heavy (non-hydrogen) atoms. The molecule has 2 N–H and O–H groups in total. The first-order valence-electron chi connectivity index (χ1n) is 11.3. The Kier molecular flexibility index (Phi) is 7.62. The van der Waals surface area contributed by atoms with Crippen LogP contribution in [-0.2, 0) is 27.5 Å². The van der Waals surface area contributed by atoms with Gasteiger partial charge in [-0.05, 0) is 22.8 Å². The lowest BCUT2D eigenvalue weighted by atomic mass is 9.87. The predicted molar refractivity (Wildman–Crippen MR) is 129 cm³/mol. The number of aliphatic carboxylic acids is 1. The number of anilines is 1. The highest BCUT2D eigenvalue weighted by molar-refractivity contribution is 5.91. The van der Waals surface area contributed by atoms with Crippen LogP contribution in [0.3, 0.4) is 0 Å². The maximum atomic E-state index is 12.9. The monoisotopic (exact) mass is 474 g/mol. The van der Waals surface area contributed by atoms with E-state index < -0.39 is 30.0 Å². The highest BCUT2D eigenvalue weighted by atomic mass is 16.6. The number of carboxylic acids is 1. The van der Waals surface area contributed by atoms with Crippen molar-refractivity contribution in [1.29, 1.82) is 0 Å². The molecule has 2 amide bonds. The molecule has 4 rings (SSSR count). The number of carboxylic acid groups (broad SMARTS) is 1. The fraction of sp³-hybridized carbons (Fsp3) is 0.222. The van der Waals surface area contributed by atoms with E-state index >= 15 is 0 Å². The van der Waals surface area contributed by atoms with Gasteiger partial charge in [-0.25, -0.2) is 9.59 Å². The van der Waals surface area contributed by atoms with Gasteiger partial charge in [-0.2, -0.15) is 0 Å². The van der Waals surface area contributed by atoms with Gasteiger partial charge in [-0.3, -0.25) is 9.69 Å². The first kappa shape index (κ1) is 23.8. The van der Waals surface area contributed by atoms with E-state index in [-0.39, 0.29) is 26.3 Å². The Bertz CT molecular complexity index is 1170. The van der Waals surface area contributed by atoms with E-state index in [4.69, 9.17) is 9.47 Å². The summed E-state index contributed by atoms with van der Waals surface area (Å²) in [5.74, 6) is -2.57. The highest BCUT2D eigenvalue weighted by Crippen LogP contribution is 2.40. The van der Waals surface area contributed by atoms with Gasteiger partial charge in [-0.1, -0.05) is 78.9 Å². The van der Waals surface area contributed by atoms with Crippen LogP contribution in [0.2, 0.25) is 0 Å². The van der Waals surface area contributed by atoms with Gasteiger partial charge in [-0.15, -0.1) is 0 Å². The van der Waals surface area contributed by atoms with Crippen LogP contribution in [0.25, 0.3) is 0 Å². The molecule has 2 atom stereocenters. The van der Waals surface area contributed by atoms with Crippen LogP contribution in [0.15, 0.2) is 84.9 Å². The summed E-state index contributed by atoms with van der Waals surface area (Å²) in [7, 11) is 0. The van der Waals surface area contributed by atoms with Crippen molar-refractivity contribution in [2.45, 2.75) is 19.1 Å². The topological polar surface area (TPSA) is 105 Å². The van der Waals surface area contributed by atoms with E-state index in [1.165, 1.54) is 4.90 Å². The van der Waals surface area contributed by atoms with Crippen LogP contribution in [0.1, 0.15) is 22.6 Å². The molecule has 0 spiro atoms. The second-order valence-corrected chi connectivity index (χ2v) is 8.20. The molecule has 0 saturated carbocycles. The lowest BCUT2D eigenvalue weighted by Gasteiger charge is -2.21. The normalized spacial score (nSPS) is 15.1. The molecule has 0 saturated heterocycles. The third-order valence-electron chi connectivity index (χ3n) is 5.91. The van der Waals surface area contributed by atoms with Gasteiger partial charge in [0.15, 0.2) is 0 Å². The number of hydrogen-bond donors (Lipinski definition) is 2. The maximum Gasteiger partial charge on any atom is 0.414 e. The number of carbonyl (C=O) groups is 3. The molecule has 0 bridgehead atoms. The van der Waals surface area contributed by atoms with Crippen molar-refractivity contribution in [3.8, 4) is 0 Å². The zero-order chi connectivity index (χ0) is 24.6. The summed E-state index contributed by atoms with van der Waals surface area (Å²) in [5, 5.41) is 12.5. The Morgan fingerprint density at radius 3 is 2.06 bits per heavy atom. The van der Waals surface area contributed by atoms with Crippen molar-refractivity contribution < 1.29 is 29.0 Å². The highest BCUT2D eigenvalue weighted by Gasteiger charge is 2.40. The molecule has 1 unspecified atom stereocenters. The summed E-state index contributed by atoms with van der Waals surface area (Å²) in [5.41, 5.74) is 3.00. The standard InChI is InChI=1S/C27H26N2O6/c30-25(31)22(15-28-26(32)34-17-19-9-3-1-4-10-19)23-16-29(24-14-8-7-13-21(23)24)27(33)35-18-20-11-5-2-6-12-20/h1-14,22-23H,15-18H2,(H,28,32)(H,30,31)/t22-,23?/m0/s1. The SMILES string of the molecule is O=C(NC[C@H](C(=O)O)C1CN(C(=O)OCc2ccccc2)c2ccccc21)OCc1ccccc1. The van der Waals surface area contributed by atoms with E-state index in [9.17, 15) is 19.5 Å². The Morgan fingerprint density at radius 2 is 1.43 bits per heavy atom. The number of para-hydroxylation sites is 1. The first-order chi connectivity index (χ1) is 17.0. The zero-order valence-corrected chi connectivity index (χ0v) is 19.0. The Balaban J connectivity index is 1.40. The quantitative estimate of drug-likeness (QED) is 0.496. The summed E-state index contributed by atoms with van der Waals surface area (Å²) in [6, 6.07) is 25.7. The van der Waals surface area contributed by atoms with E-state index in [2.05, 4.69) is 5.32 Å². The minimum absolute atomic E-state index is 0.0811. The largest absolute Gasteiger partial charge is 0.481 e.